The average Bonchev–Trinajstić information content (AvgIpc) is 2.58. The highest BCUT2D eigenvalue weighted by Gasteiger charge is 2.21. The summed E-state index contributed by atoms with van der Waals surface area (Å²) >= 11 is 6.27. The number of benzene rings is 2. The maximum absolute atomic E-state index is 8.66. The van der Waals surface area contributed by atoms with E-state index in [9.17, 15) is 0 Å². The van der Waals surface area contributed by atoms with Crippen LogP contribution in [0.15, 0.2) is 41.6 Å². The lowest BCUT2D eigenvalue weighted by molar-refractivity contribution is 0.322. The summed E-state index contributed by atoms with van der Waals surface area (Å²) in [6, 6.07) is 12.0. The van der Waals surface area contributed by atoms with E-state index in [4.69, 9.17) is 16.8 Å². The van der Waals surface area contributed by atoms with Crippen LogP contribution in [-0.2, 0) is 0 Å². The highest BCUT2D eigenvalue weighted by molar-refractivity contribution is 6.59. The largest absolute Gasteiger partial charge is 0.411 e. The van der Waals surface area contributed by atoms with Gasteiger partial charge in [-0.25, -0.2) is 0 Å². The van der Waals surface area contributed by atoms with Crippen molar-refractivity contribution in [2.45, 2.75) is 0 Å². The number of nitrogens with zero attached hydrogens (tertiary/aromatic N) is 1. The number of hydrogen-bond donors (Lipinski definition) is 1. The maximum atomic E-state index is 8.66. The molecule has 0 unspecified atom stereocenters. The Morgan fingerprint density at radius 3 is 2.44 bits per heavy atom. The smallest absolute Gasteiger partial charge is 0.0755 e. The zero-order chi connectivity index (χ0) is 11.1. The Kier molecular flexibility index (Phi) is 1.98. The molecule has 2 aromatic rings. The molecule has 0 aliphatic heterocycles. The van der Waals surface area contributed by atoms with Crippen molar-refractivity contribution in [2.75, 3.05) is 0 Å². The molecule has 78 valence electrons. The second kappa shape index (κ2) is 3.35. The lowest BCUT2D eigenvalue weighted by Gasteiger charge is -2.01. The van der Waals surface area contributed by atoms with Gasteiger partial charge in [-0.3, -0.25) is 0 Å². The molecule has 1 aliphatic carbocycles. The summed E-state index contributed by atoms with van der Waals surface area (Å²) in [5, 5.41) is 14.6. The third-order valence-corrected chi connectivity index (χ3v) is 3.26. The predicted octanol–water partition coefficient (Wildman–Crippen LogP) is 3.72. The Hall–Kier alpha value is -1.80. The summed E-state index contributed by atoms with van der Waals surface area (Å²) in [5.74, 6) is 0. The van der Waals surface area contributed by atoms with E-state index in [1.165, 1.54) is 6.21 Å². The van der Waals surface area contributed by atoms with Gasteiger partial charge in [-0.2, -0.15) is 0 Å². The molecule has 2 nitrogen and oxygen atoms in total. The van der Waals surface area contributed by atoms with Gasteiger partial charge in [-0.1, -0.05) is 53.2 Å². The molecule has 0 radical (unpaired) electrons. The van der Waals surface area contributed by atoms with E-state index in [-0.39, 0.29) is 0 Å². The van der Waals surface area contributed by atoms with Crippen LogP contribution < -0.4 is 0 Å². The Morgan fingerprint density at radius 2 is 1.75 bits per heavy atom. The van der Waals surface area contributed by atoms with Crippen LogP contribution in [0.25, 0.3) is 21.4 Å². The van der Waals surface area contributed by atoms with Crippen LogP contribution in [0, 0.1) is 0 Å². The third-order valence-electron chi connectivity index (χ3n) is 2.85. The average molecular weight is 230 g/mol. The van der Waals surface area contributed by atoms with Gasteiger partial charge < -0.3 is 5.21 Å². The van der Waals surface area contributed by atoms with Gasteiger partial charge in [0.05, 0.1) is 11.2 Å². The van der Waals surface area contributed by atoms with E-state index in [1.807, 2.05) is 36.4 Å². The first-order chi connectivity index (χ1) is 7.83. The Labute approximate surface area is 97.5 Å². The Bertz CT molecular complexity index is 638. The number of hydrogen-bond acceptors (Lipinski definition) is 2. The van der Waals surface area contributed by atoms with Crippen molar-refractivity contribution in [3.8, 4) is 0 Å². The first-order valence-corrected chi connectivity index (χ1v) is 5.30. The van der Waals surface area contributed by atoms with Gasteiger partial charge in [0.25, 0.3) is 0 Å². The lowest BCUT2D eigenvalue weighted by atomic mass is 10.0. The van der Waals surface area contributed by atoms with Crippen molar-refractivity contribution in [3.63, 3.8) is 0 Å². The molecule has 0 amide bonds. The van der Waals surface area contributed by atoms with Gasteiger partial charge in [0.2, 0.25) is 0 Å². The molecule has 0 bridgehead atoms. The minimum absolute atomic E-state index is 0.643. The van der Waals surface area contributed by atoms with Crippen LogP contribution in [-0.4, -0.2) is 11.4 Å². The van der Waals surface area contributed by atoms with Gasteiger partial charge >= 0.3 is 0 Å². The normalized spacial score (nSPS) is 14.3. The van der Waals surface area contributed by atoms with Crippen LogP contribution in [0.5, 0.6) is 0 Å². The minimum atomic E-state index is 0.643. The standard InChI is InChI=1S/C13H8ClNO/c14-13-10-6-2-4-8-3-1-5-9(12(8)10)11(13)7-15-16/h1-7,16H. The van der Waals surface area contributed by atoms with Gasteiger partial charge in [0.1, 0.15) is 0 Å². The van der Waals surface area contributed by atoms with E-state index in [2.05, 4.69) is 5.16 Å². The Morgan fingerprint density at radius 1 is 1.06 bits per heavy atom. The summed E-state index contributed by atoms with van der Waals surface area (Å²) in [6.07, 6.45) is 1.39. The minimum Gasteiger partial charge on any atom is -0.411 e. The molecule has 2 aromatic carbocycles. The SMILES string of the molecule is ON=CC1=C(Cl)c2cccc3cccc1c23. The number of allylic oxidation sites excluding steroid dienone is 1. The summed E-state index contributed by atoms with van der Waals surface area (Å²) in [6.45, 7) is 0. The van der Waals surface area contributed by atoms with Crippen LogP contribution in [0.3, 0.4) is 0 Å². The first kappa shape index (κ1) is 9.43. The van der Waals surface area contributed by atoms with Crippen molar-refractivity contribution in [1.82, 2.24) is 0 Å². The van der Waals surface area contributed by atoms with Gasteiger partial charge in [-0.15, -0.1) is 0 Å². The third kappa shape index (κ3) is 1.11. The highest BCUT2D eigenvalue weighted by Crippen LogP contribution is 2.42. The summed E-state index contributed by atoms with van der Waals surface area (Å²) in [4.78, 5) is 0. The molecular formula is C13H8ClNO. The fourth-order valence-electron chi connectivity index (χ4n) is 2.20. The van der Waals surface area contributed by atoms with E-state index >= 15 is 0 Å². The Balaban J connectivity index is 2.45. The topological polar surface area (TPSA) is 32.6 Å². The highest BCUT2D eigenvalue weighted by atomic mass is 35.5. The van der Waals surface area contributed by atoms with Crippen LogP contribution >= 0.6 is 11.6 Å². The fourth-order valence-corrected chi connectivity index (χ4v) is 2.50. The fraction of sp³-hybridized carbons (Fsp3) is 0. The second-order valence-electron chi connectivity index (χ2n) is 3.68. The maximum Gasteiger partial charge on any atom is 0.0755 e. The van der Waals surface area contributed by atoms with Crippen molar-refractivity contribution >= 4 is 39.2 Å². The van der Waals surface area contributed by atoms with E-state index in [0.29, 0.717) is 5.03 Å². The summed E-state index contributed by atoms with van der Waals surface area (Å²) in [5.41, 5.74) is 2.80. The molecule has 0 heterocycles. The predicted molar refractivity (Wildman–Crippen MR) is 66.9 cm³/mol. The van der Waals surface area contributed by atoms with Crippen molar-refractivity contribution in [1.29, 1.82) is 0 Å². The van der Waals surface area contributed by atoms with Crippen molar-refractivity contribution in [3.05, 3.63) is 47.5 Å². The second-order valence-corrected chi connectivity index (χ2v) is 4.06. The molecular weight excluding hydrogens is 222 g/mol. The number of oxime groups is 1. The van der Waals surface area contributed by atoms with E-state index in [1.54, 1.807) is 0 Å². The molecule has 1 N–H and O–H groups in total. The monoisotopic (exact) mass is 229 g/mol. The molecule has 1 aliphatic rings. The zero-order valence-corrected chi connectivity index (χ0v) is 9.07. The summed E-state index contributed by atoms with van der Waals surface area (Å²) < 4.78 is 0. The molecule has 0 fully saturated rings. The number of rotatable bonds is 1. The van der Waals surface area contributed by atoms with Gasteiger partial charge in [0.15, 0.2) is 0 Å². The number of halogens is 1. The molecule has 0 aromatic heterocycles. The zero-order valence-electron chi connectivity index (χ0n) is 8.31. The van der Waals surface area contributed by atoms with Crippen molar-refractivity contribution < 1.29 is 5.21 Å². The quantitative estimate of drug-likeness (QED) is 0.451. The van der Waals surface area contributed by atoms with Crippen molar-refractivity contribution in [2.24, 2.45) is 5.16 Å². The van der Waals surface area contributed by atoms with Crippen LogP contribution in [0.2, 0.25) is 0 Å². The first-order valence-electron chi connectivity index (χ1n) is 4.92. The van der Waals surface area contributed by atoms with E-state index < -0.39 is 0 Å². The molecule has 3 rings (SSSR count). The molecule has 16 heavy (non-hydrogen) atoms. The lowest BCUT2D eigenvalue weighted by Crippen LogP contribution is -1.83. The molecule has 0 spiro atoms. The van der Waals surface area contributed by atoms with Crippen LogP contribution in [0.1, 0.15) is 11.1 Å². The molecule has 0 saturated carbocycles. The molecule has 0 atom stereocenters. The van der Waals surface area contributed by atoms with E-state index in [0.717, 1.165) is 27.5 Å². The van der Waals surface area contributed by atoms with Crippen LogP contribution in [0.4, 0.5) is 0 Å². The van der Waals surface area contributed by atoms with Gasteiger partial charge in [-0.05, 0) is 16.3 Å². The summed E-state index contributed by atoms with van der Waals surface area (Å²) in [7, 11) is 0. The van der Waals surface area contributed by atoms with Gasteiger partial charge in [0, 0.05) is 11.1 Å². The molecule has 3 heteroatoms. The molecule has 0 saturated heterocycles.